The Kier molecular flexibility index (Phi) is 3.34. The lowest BCUT2D eigenvalue weighted by Crippen LogP contribution is -2.27. The van der Waals surface area contributed by atoms with Crippen molar-refractivity contribution in [1.82, 2.24) is 19.7 Å². The highest BCUT2D eigenvalue weighted by molar-refractivity contribution is 5.81. The molecule has 2 aliphatic rings. The van der Waals surface area contributed by atoms with Crippen molar-refractivity contribution in [3.8, 4) is 0 Å². The number of aromatic nitrogens is 3. The number of hydrogen-bond donors (Lipinski definition) is 0. The summed E-state index contributed by atoms with van der Waals surface area (Å²) in [6, 6.07) is 8.82. The summed E-state index contributed by atoms with van der Waals surface area (Å²) >= 11 is 0. The highest BCUT2D eigenvalue weighted by atomic mass is 15.3. The molecule has 2 aliphatic heterocycles. The fourth-order valence-corrected chi connectivity index (χ4v) is 3.66. The minimum Gasteiger partial charge on any atom is -0.311 e. The van der Waals surface area contributed by atoms with Gasteiger partial charge in [-0.25, -0.2) is 0 Å². The van der Waals surface area contributed by atoms with Gasteiger partial charge in [-0.15, -0.1) is 10.2 Å². The minimum absolute atomic E-state index is 0.974. The van der Waals surface area contributed by atoms with E-state index in [4.69, 9.17) is 0 Å². The highest BCUT2D eigenvalue weighted by Gasteiger charge is 2.25. The van der Waals surface area contributed by atoms with E-state index in [-0.39, 0.29) is 0 Å². The molecule has 0 atom stereocenters. The van der Waals surface area contributed by atoms with Crippen LogP contribution in [0, 0.1) is 6.92 Å². The molecule has 0 saturated carbocycles. The molecule has 0 bridgehead atoms. The van der Waals surface area contributed by atoms with Gasteiger partial charge in [-0.3, -0.25) is 0 Å². The predicted molar refractivity (Wildman–Crippen MR) is 87.7 cm³/mol. The average Bonchev–Trinajstić information content (AvgIpc) is 2.80. The van der Waals surface area contributed by atoms with E-state index in [1.165, 1.54) is 16.7 Å². The average molecular weight is 294 g/mol. The van der Waals surface area contributed by atoms with Gasteiger partial charge in [0, 0.05) is 25.2 Å². The molecule has 22 heavy (non-hydrogen) atoms. The third-order valence-corrected chi connectivity index (χ3v) is 4.99. The summed E-state index contributed by atoms with van der Waals surface area (Å²) in [5, 5.41) is 8.87. The molecule has 1 saturated heterocycles. The zero-order valence-corrected chi connectivity index (χ0v) is 13.3. The molecule has 3 heterocycles. The number of aryl methyl sites for hydroxylation is 2. The molecule has 0 aliphatic carbocycles. The smallest absolute Gasteiger partial charge is 0.164 e. The Labute approximate surface area is 131 Å². The molecule has 4 nitrogen and oxygen atoms in total. The second-order valence-electron chi connectivity index (χ2n) is 6.41. The van der Waals surface area contributed by atoms with Crippen molar-refractivity contribution in [2.45, 2.75) is 32.7 Å². The molecule has 114 valence electrons. The van der Waals surface area contributed by atoms with E-state index in [0.717, 1.165) is 50.5 Å². The summed E-state index contributed by atoms with van der Waals surface area (Å²) in [5.41, 5.74) is 5.70. The second kappa shape index (κ2) is 5.36. The molecule has 1 fully saturated rings. The highest BCUT2D eigenvalue weighted by Crippen LogP contribution is 2.35. The van der Waals surface area contributed by atoms with Crippen LogP contribution >= 0.6 is 0 Å². The van der Waals surface area contributed by atoms with Crippen LogP contribution in [0.4, 0.5) is 0 Å². The van der Waals surface area contributed by atoms with Crippen LogP contribution in [0.15, 0.2) is 29.8 Å². The van der Waals surface area contributed by atoms with Crippen LogP contribution in [0.5, 0.6) is 0 Å². The van der Waals surface area contributed by atoms with Crippen molar-refractivity contribution in [2.24, 2.45) is 0 Å². The van der Waals surface area contributed by atoms with Gasteiger partial charge >= 0.3 is 0 Å². The summed E-state index contributed by atoms with van der Waals surface area (Å²) in [5.74, 6) is 2.09. The molecule has 1 aromatic carbocycles. The third kappa shape index (κ3) is 2.18. The van der Waals surface area contributed by atoms with Crippen LogP contribution < -0.4 is 0 Å². The predicted octanol–water partition coefficient (Wildman–Crippen LogP) is 2.67. The van der Waals surface area contributed by atoms with E-state index < -0.39 is 0 Å². The Bertz CT molecular complexity index is 731. The maximum atomic E-state index is 4.53. The van der Waals surface area contributed by atoms with E-state index in [1.54, 1.807) is 5.57 Å². The molecule has 0 N–H and O–H groups in total. The fourth-order valence-electron chi connectivity index (χ4n) is 3.66. The van der Waals surface area contributed by atoms with E-state index in [1.807, 2.05) is 0 Å². The van der Waals surface area contributed by atoms with Crippen LogP contribution in [0.25, 0.3) is 5.57 Å². The molecule has 0 amide bonds. The van der Waals surface area contributed by atoms with Crippen LogP contribution in [-0.2, 0) is 13.0 Å². The fraction of sp³-hybridized carbons (Fsp3) is 0.444. The minimum atomic E-state index is 0.974. The Morgan fingerprint density at radius 3 is 2.55 bits per heavy atom. The molecule has 0 unspecified atom stereocenters. The van der Waals surface area contributed by atoms with Gasteiger partial charge in [0.1, 0.15) is 5.82 Å². The topological polar surface area (TPSA) is 34.0 Å². The standard InChI is InChI=1S/C18H22N4/c1-13-19-20-18-17(15-7-10-21(2)11-8-15)16-6-4-3-5-14(16)9-12-22(13)18/h3-6H,7-12H2,1-2H3. The van der Waals surface area contributed by atoms with E-state index in [0.29, 0.717) is 0 Å². The third-order valence-electron chi connectivity index (χ3n) is 4.99. The number of piperidine rings is 1. The summed E-state index contributed by atoms with van der Waals surface area (Å²) in [4.78, 5) is 2.41. The zero-order chi connectivity index (χ0) is 15.1. The van der Waals surface area contributed by atoms with E-state index in [9.17, 15) is 0 Å². The first-order valence-corrected chi connectivity index (χ1v) is 8.13. The molecule has 2 aromatic rings. The first kappa shape index (κ1) is 13.7. The van der Waals surface area contributed by atoms with Gasteiger partial charge in [0.15, 0.2) is 5.82 Å². The normalized spacial score (nSPS) is 18.8. The van der Waals surface area contributed by atoms with Gasteiger partial charge < -0.3 is 9.47 Å². The number of nitrogens with zero attached hydrogens (tertiary/aromatic N) is 4. The van der Waals surface area contributed by atoms with Crippen molar-refractivity contribution in [1.29, 1.82) is 0 Å². The lowest BCUT2D eigenvalue weighted by atomic mass is 9.90. The molecule has 1 aromatic heterocycles. The Morgan fingerprint density at radius 1 is 0.955 bits per heavy atom. The first-order valence-electron chi connectivity index (χ1n) is 8.13. The lowest BCUT2D eigenvalue weighted by molar-refractivity contribution is 0.313. The van der Waals surface area contributed by atoms with Crippen molar-refractivity contribution in [3.05, 3.63) is 52.6 Å². The Hall–Kier alpha value is -1.94. The van der Waals surface area contributed by atoms with Crippen LogP contribution in [0.1, 0.15) is 35.6 Å². The number of likely N-dealkylation sites (tertiary alicyclic amines) is 1. The second-order valence-corrected chi connectivity index (χ2v) is 6.41. The van der Waals surface area contributed by atoms with Crippen molar-refractivity contribution < 1.29 is 0 Å². The number of fused-ring (bicyclic) bond motifs is 2. The van der Waals surface area contributed by atoms with Crippen molar-refractivity contribution >= 4 is 5.57 Å². The van der Waals surface area contributed by atoms with Crippen LogP contribution in [0.2, 0.25) is 0 Å². The van der Waals surface area contributed by atoms with Crippen LogP contribution in [-0.4, -0.2) is 39.8 Å². The van der Waals surface area contributed by atoms with Gasteiger partial charge in [-0.05, 0) is 44.4 Å². The number of rotatable bonds is 0. The van der Waals surface area contributed by atoms with Gasteiger partial charge in [0.2, 0.25) is 0 Å². The quantitative estimate of drug-likeness (QED) is 0.749. The van der Waals surface area contributed by atoms with Gasteiger partial charge in [0.05, 0.1) is 0 Å². The van der Waals surface area contributed by atoms with Crippen molar-refractivity contribution in [2.75, 3.05) is 20.1 Å². The summed E-state index contributed by atoms with van der Waals surface area (Å²) < 4.78 is 2.29. The van der Waals surface area contributed by atoms with Gasteiger partial charge in [0.25, 0.3) is 0 Å². The summed E-state index contributed by atoms with van der Waals surface area (Å²) in [7, 11) is 2.20. The molecular weight excluding hydrogens is 272 g/mol. The first-order chi connectivity index (χ1) is 10.7. The Morgan fingerprint density at radius 2 is 1.73 bits per heavy atom. The molecular formula is C18H22N4. The van der Waals surface area contributed by atoms with Gasteiger partial charge in [-0.1, -0.05) is 29.8 Å². The van der Waals surface area contributed by atoms with E-state index >= 15 is 0 Å². The molecule has 0 radical (unpaired) electrons. The Balaban J connectivity index is 1.93. The monoisotopic (exact) mass is 294 g/mol. The largest absolute Gasteiger partial charge is 0.311 e. The van der Waals surface area contributed by atoms with Gasteiger partial charge in [-0.2, -0.15) is 0 Å². The summed E-state index contributed by atoms with van der Waals surface area (Å²) in [6.45, 7) is 5.30. The summed E-state index contributed by atoms with van der Waals surface area (Å²) in [6.07, 6.45) is 3.32. The number of benzene rings is 1. The van der Waals surface area contributed by atoms with Crippen LogP contribution in [0.3, 0.4) is 0 Å². The maximum absolute atomic E-state index is 4.53. The van der Waals surface area contributed by atoms with Crippen molar-refractivity contribution in [3.63, 3.8) is 0 Å². The molecule has 4 rings (SSSR count). The molecule has 0 spiro atoms. The van der Waals surface area contributed by atoms with E-state index in [2.05, 4.69) is 57.9 Å². The number of hydrogen-bond acceptors (Lipinski definition) is 3. The SMILES string of the molecule is Cc1nnc2n1CCc1ccccc1C2=C1CCN(C)CC1. The lowest BCUT2D eigenvalue weighted by Gasteiger charge is -2.26. The maximum Gasteiger partial charge on any atom is 0.164 e. The zero-order valence-electron chi connectivity index (χ0n) is 13.3. The molecule has 4 heteroatoms.